The first-order chi connectivity index (χ1) is 17.2. The highest BCUT2D eigenvalue weighted by Gasteiger charge is 2.23. The van der Waals surface area contributed by atoms with Crippen molar-refractivity contribution < 1.29 is 14.3 Å². The van der Waals surface area contributed by atoms with Crippen LogP contribution in [0.5, 0.6) is 11.5 Å². The first-order valence-electron chi connectivity index (χ1n) is 12.2. The molecule has 0 spiro atoms. The maximum atomic E-state index is 12.8. The van der Waals surface area contributed by atoms with Crippen LogP contribution in [0.4, 0.5) is 0 Å². The molecule has 0 bridgehead atoms. The Hall–Kier alpha value is -3.99. The first-order valence-corrected chi connectivity index (χ1v) is 12.2. The highest BCUT2D eigenvalue weighted by Crippen LogP contribution is 2.35. The number of rotatable bonds is 5. The molecular weight excluding hydrogens is 436 g/mol. The summed E-state index contributed by atoms with van der Waals surface area (Å²) < 4.78 is 13.2. The lowest BCUT2D eigenvalue weighted by Gasteiger charge is -2.21. The fraction of sp³-hybridized carbons (Fsp3) is 0.233. The van der Waals surface area contributed by atoms with Crippen molar-refractivity contribution in [2.75, 3.05) is 6.79 Å². The van der Waals surface area contributed by atoms with Gasteiger partial charge < -0.3 is 19.4 Å². The second kappa shape index (κ2) is 8.99. The number of nitrogens with one attached hydrogen (secondary N) is 1. The monoisotopic (exact) mass is 464 g/mol. The molecule has 1 atom stereocenters. The number of aromatic nitrogens is 1. The molecule has 2 aliphatic rings. The molecule has 0 fully saturated rings. The van der Waals surface area contributed by atoms with Gasteiger partial charge >= 0.3 is 0 Å². The molecule has 1 amide bonds. The van der Waals surface area contributed by atoms with Crippen LogP contribution in [-0.2, 0) is 19.4 Å². The molecule has 6 rings (SSSR count). The highest BCUT2D eigenvalue weighted by molar-refractivity contribution is 5.94. The normalized spacial score (nSPS) is 16.1. The SMILES string of the molecule is C[C@H]1CCc2c(cc(-c3ccccc3)n2-c2ccc(C(=O)NCc3ccc4c(c3)OCO4)cc2)C1. The summed E-state index contributed by atoms with van der Waals surface area (Å²) in [5.41, 5.74) is 7.96. The molecule has 0 radical (unpaired) electrons. The summed E-state index contributed by atoms with van der Waals surface area (Å²) in [7, 11) is 0. The summed E-state index contributed by atoms with van der Waals surface area (Å²) in [5, 5.41) is 3.01. The van der Waals surface area contributed by atoms with Gasteiger partial charge in [0.2, 0.25) is 6.79 Å². The Morgan fingerprint density at radius 1 is 0.971 bits per heavy atom. The van der Waals surface area contributed by atoms with Crippen molar-refractivity contribution in [3.63, 3.8) is 0 Å². The number of amides is 1. The highest BCUT2D eigenvalue weighted by atomic mass is 16.7. The van der Waals surface area contributed by atoms with E-state index in [0.29, 0.717) is 18.0 Å². The average Bonchev–Trinajstić information content (AvgIpc) is 3.52. The van der Waals surface area contributed by atoms with Gasteiger partial charge in [0, 0.05) is 23.5 Å². The second-order valence-electron chi connectivity index (χ2n) is 9.47. The smallest absolute Gasteiger partial charge is 0.251 e. The van der Waals surface area contributed by atoms with Gasteiger partial charge in [-0.3, -0.25) is 4.79 Å². The van der Waals surface area contributed by atoms with E-state index in [0.717, 1.165) is 35.6 Å². The van der Waals surface area contributed by atoms with E-state index in [1.807, 2.05) is 30.3 Å². The van der Waals surface area contributed by atoms with E-state index >= 15 is 0 Å². The van der Waals surface area contributed by atoms with Crippen LogP contribution in [0.3, 0.4) is 0 Å². The minimum absolute atomic E-state index is 0.0964. The second-order valence-corrected chi connectivity index (χ2v) is 9.47. The van der Waals surface area contributed by atoms with E-state index in [2.05, 4.69) is 65.3 Å². The Morgan fingerprint density at radius 2 is 1.77 bits per heavy atom. The standard InChI is InChI=1S/C30H28N2O3/c1-20-7-13-26-24(15-20)17-27(22-5-3-2-4-6-22)32(26)25-11-9-23(10-12-25)30(33)31-18-21-8-14-28-29(16-21)35-19-34-28/h2-6,8-12,14,16-17,20H,7,13,15,18-19H2,1H3,(H,31,33)/t20-/m0/s1. The molecule has 0 saturated heterocycles. The lowest BCUT2D eigenvalue weighted by Crippen LogP contribution is -2.22. The van der Waals surface area contributed by atoms with Crippen LogP contribution in [0, 0.1) is 5.92 Å². The van der Waals surface area contributed by atoms with Crippen molar-refractivity contribution in [2.45, 2.75) is 32.7 Å². The van der Waals surface area contributed by atoms with Gasteiger partial charge in [-0.1, -0.05) is 43.3 Å². The average molecular weight is 465 g/mol. The lowest BCUT2D eigenvalue weighted by atomic mass is 9.89. The minimum atomic E-state index is -0.0964. The lowest BCUT2D eigenvalue weighted by molar-refractivity contribution is 0.0951. The van der Waals surface area contributed by atoms with E-state index in [-0.39, 0.29) is 12.7 Å². The molecule has 0 saturated carbocycles. The number of ether oxygens (including phenoxy) is 2. The zero-order valence-electron chi connectivity index (χ0n) is 19.8. The summed E-state index contributed by atoms with van der Waals surface area (Å²) in [6.07, 6.45) is 3.38. The van der Waals surface area contributed by atoms with E-state index in [1.54, 1.807) is 0 Å². The maximum Gasteiger partial charge on any atom is 0.251 e. The van der Waals surface area contributed by atoms with Gasteiger partial charge in [-0.25, -0.2) is 0 Å². The fourth-order valence-electron chi connectivity index (χ4n) is 5.13. The molecule has 2 heterocycles. The van der Waals surface area contributed by atoms with Crippen LogP contribution in [-0.4, -0.2) is 17.3 Å². The molecule has 176 valence electrons. The number of fused-ring (bicyclic) bond motifs is 2. The third-order valence-electron chi connectivity index (χ3n) is 6.98. The number of carbonyl (C=O) groups is 1. The Labute approximate surface area is 205 Å². The molecule has 5 nitrogen and oxygen atoms in total. The third-order valence-corrected chi connectivity index (χ3v) is 6.98. The van der Waals surface area contributed by atoms with E-state index in [1.165, 1.54) is 28.9 Å². The summed E-state index contributed by atoms with van der Waals surface area (Å²) in [6.45, 7) is 3.01. The molecule has 1 aromatic heterocycles. The van der Waals surface area contributed by atoms with Gasteiger partial charge in [-0.2, -0.15) is 0 Å². The maximum absolute atomic E-state index is 12.8. The summed E-state index contributed by atoms with van der Waals surface area (Å²) in [5.74, 6) is 2.07. The predicted molar refractivity (Wildman–Crippen MR) is 136 cm³/mol. The molecule has 3 aromatic carbocycles. The van der Waals surface area contributed by atoms with Gasteiger partial charge in [0.1, 0.15) is 0 Å². The van der Waals surface area contributed by atoms with E-state index < -0.39 is 0 Å². The molecule has 4 aromatic rings. The number of hydrogen-bond acceptors (Lipinski definition) is 3. The van der Waals surface area contributed by atoms with Gasteiger partial charge in [0.25, 0.3) is 5.91 Å². The summed E-state index contributed by atoms with van der Waals surface area (Å²) in [6, 6.07) is 26.6. The molecular formula is C30H28N2O3. The predicted octanol–water partition coefficient (Wildman–Crippen LogP) is 5.93. The van der Waals surface area contributed by atoms with Gasteiger partial charge in [-0.15, -0.1) is 0 Å². The molecule has 35 heavy (non-hydrogen) atoms. The minimum Gasteiger partial charge on any atom is -0.454 e. The molecule has 1 aliphatic carbocycles. The summed E-state index contributed by atoms with van der Waals surface area (Å²) in [4.78, 5) is 12.8. The van der Waals surface area contributed by atoms with Crippen molar-refractivity contribution in [2.24, 2.45) is 5.92 Å². The van der Waals surface area contributed by atoms with E-state index in [4.69, 9.17) is 9.47 Å². The van der Waals surface area contributed by atoms with Gasteiger partial charge in [-0.05, 0) is 84.3 Å². The third kappa shape index (κ3) is 4.18. The number of nitrogens with zero attached hydrogens (tertiary/aromatic N) is 1. The first kappa shape index (κ1) is 21.5. The van der Waals surface area contributed by atoms with Crippen molar-refractivity contribution >= 4 is 5.91 Å². The van der Waals surface area contributed by atoms with Crippen LogP contribution < -0.4 is 14.8 Å². The Morgan fingerprint density at radius 3 is 2.60 bits per heavy atom. The van der Waals surface area contributed by atoms with Crippen LogP contribution in [0.25, 0.3) is 16.9 Å². The summed E-state index contributed by atoms with van der Waals surface area (Å²) >= 11 is 0. The number of benzene rings is 3. The van der Waals surface area contributed by atoms with Crippen LogP contribution >= 0.6 is 0 Å². The Balaban J connectivity index is 1.24. The van der Waals surface area contributed by atoms with Crippen LogP contribution in [0.1, 0.15) is 40.5 Å². The Kier molecular flexibility index (Phi) is 5.53. The molecule has 1 N–H and O–H groups in total. The topological polar surface area (TPSA) is 52.5 Å². The zero-order valence-corrected chi connectivity index (χ0v) is 19.8. The van der Waals surface area contributed by atoms with Crippen molar-refractivity contribution in [1.82, 2.24) is 9.88 Å². The fourth-order valence-corrected chi connectivity index (χ4v) is 5.13. The van der Waals surface area contributed by atoms with Crippen LogP contribution in [0.2, 0.25) is 0 Å². The van der Waals surface area contributed by atoms with Gasteiger partial charge in [0.05, 0.1) is 5.69 Å². The largest absolute Gasteiger partial charge is 0.454 e. The molecule has 5 heteroatoms. The number of carbonyl (C=O) groups excluding carboxylic acids is 1. The number of hydrogen-bond donors (Lipinski definition) is 1. The molecule has 1 aliphatic heterocycles. The Bertz CT molecular complexity index is 1370. The van der Waals surface area contributed by atoms with E-state index in [9.17, 15) is 4.79 Å². The van der Waals surface area contributed by atoms with Crippen molar-refractivity contribution in [1.29, 1.82) is 0 Å². The van der Waals surface area contributed by atoms with Crippen molar-refractivity contribution in [3.8, 4) is 28.4 Å². The quantitative estimate of drug-likeness (QED) is 0.398. The molecule has 0 unspecified atom stereocenters. The van der Waals surface area contributed by atoms with Crippen molar-refractivity contribution in [3.05, 3.63) is 101 Å². The zero-order chi connectivity index (χ0) is 23.8. The van der Waals surface area contributed by atoms with Crippen LogP contribution in [0.15, 0.2) is 78.9 Å². The van der Waals surface area contributed by atoms with Gasteiger partial charge in [0.15, 0.2) is 11.5 Å².